The van der Waals surface area contributed by atoms with Crippen molar-refractivity contribution in [2.24, 2.45) is 0 Å². The summed E-state index contributed by atoms with van der Waals surface area (Å²) in [6.07, 6.45) is -2.90. The summed E-state index contributed by atoms with van der Waals surface area (Å²) < 4.78 is 39.5. The number of alkyl halides is 3. The average Bonchev–Trinajstić information content (AvgIpc) is 3.26. The number of benzene rings is 1. The van der Waals surface area contributed by atoms with Gasteiger partial charge in [-0.15, -0.1) is 11.3 Å². The number of amides is 1. The van der Waals surface area contributed by atoms with Gasteiger partial charge in [0.15, 0.2) is 0 Å². The Balaban J connectivity index is 1.64. The fourth-order valence-corrected chi connectivity index (χ4v) is 4.51. The van der Waals surface area contributed by atoms with Crippen molar-refractivity contribution in [1.82, 2.24) is 14.9 Å². The van der Waals surface area contributed by atoms with Crippen LogP contribution < -0.4 is 0 Å². The van der Waals surface area contributed by atoms with Gasteiger partial charge in [-0.2, -0.15) is 13.2 Å². The summed E-state index contributed by atoms with van der Waals surface area (Å²) in [4.78, 5) is 22.9. The number of likely N-dealkylation sites (tertiary alicyclic amines) is 1. The molecule has 1 aromatic carbocycles. The monoisotopic (exact) mass is 391 g/mol. The van der Waals surface area contributed by atoms with Crippen LogP contribution in [0.25, 0.3) is 10.2 Å². The van der Waals surface area contributed by atoms with Crippen molar-refractivity contribution in [3.8, 4) is 0 Å². The number of thiazole rings is 1. The molecule has 4 nitrogen and oxygen atoms in total. The Bertz CT molecular complexity index is 982. The number of fused-ring (bicyclic) bond motifs is 1. The third kappa shape index (κ3) is 3.29. The Labute approximate surface area is 157 Å². The molecule has 3 heterocycles. The van der Waals surface area contributed by atoms with E-state index in [0.29, 0.717) is 6.54 Å². The summed E-state index contributed by atoms with van der Waals surface area (Å²) in [5.74, 6) is -0.296. The molecule has 1 saturated heterocycles. The summed E-state index contributed by atoms with van der Waals surface area (Å²) in [5, 5.41) is 0.861. The Hall–Kier alpha value is -2.48. The predicted octanol–water partition coefficient (Wildman–Crippen LogP) is 5.00. The number of rotatable bonds is 2. The van der Waals surface area contributed by atoms with Crippen molar-refractivity contribution in [2.45, 2.75) is 32.0 Å². The molecule has 0 bridgehead atoms. The molecule has 0 radical (unpaired) electrons. The Morgan fingerprint density at radius 2 is 1.96 bits per heavy atom. The highest BCUT2D eigenvalue weighted by molar-refractivity contribution is 7.18. The molecule has 2 aromatic heterocycles. The standard InChI is InChI=1S/C19H16F3N3OS/c1-11-12(8-9-16(23-11)19(20,21)22)18(26)25-10-4-6-14(25)17-24-13-5-2-3-7-15(13)27-17/h2-3,5,7-9,14H,4,6,10H2,1H3. The van der Waals surface area contributed by atoms with E-state index in [2.05, 4.69) is 9.97 Å². The van der Waals surface area contributed by atoms with Crippen LogP contribution in [-0.2, 0) is 6.18 Å². The van der Waals surface area contributed by atoms with Gasteiger partial charge in [0.1, 0.15) is 10.7 Å². The van der Waals surface area contributed by atoms with Crippen LogP contribution in [0.2, 0.25) is 0 Å². The largest absolute Gasteiger partial charge is 0.433 e. The van der Waals surface area contributed by atoms with Crippen LogP contribution in [-0.4, -0.2) is 27.3 Å². The highest BCUT2D eigenvalue weighted by atomic mass is 32.1. The summed E-state index contributed by atoms with van der Waals surface area (Å²) in [6, 6.07) is 9.71. The highest BCUT2D eigenvalue weighted by Gasteiger charge is 2.36. The molecule has 0 saturated carbocycles. The second-order valence-electron chi connectivity index (χ2n) is 6.50. The lowest BCUT2D eigenvalue weighted by atomic mass is 10.1. The second-order valence-corrected chi connectivity index (χ2v) is 7.57. The summed E-state index contributed by atoms with van der Waals surface area (Å²) >= 11 is 1.55. The van der Waals surface area contributed by atoms with Crippen LogP contribution in [0.5, 0.6) is 0 Å². The molecule has 1 fully saturated rings. The summed E-state index contributed by atoms with van der Waals surface area (Å²) in [7, 11) is 0. The average molecular weight is 391 g/mol. The second kappa shape index (κ2) is 6.60. The molecule has 4 rings (SSSR count). The third-order valence-corrected chi connectivity index (χ3v) is 5.85. The number of pyridine rings is 1. The van der Waals surface area contributed by atoms with E-state index in [-0.39, 0.29) is 23.2 Å². The Morgan fingerprint density at radius 3 is 2.67 bits per heavy atom. The number of para-hydroxylation sites is 1. The number of aromatic nitrogens is 2. The lowest BCUT2D eigenvalue weighted by Gasteiger charge is -2.24. The van der Waals surface area contributed by atoms with Crippen molar-refractivity contribution in [2.75, 3.05) is 6.54 Å². The Morgan fingerprint density at radius 1 is 1.19 bits per heavy atom. The number of nitrogens with zero attached hydrogens (tertiary/aromatic N) is 3. The maximum absolute atomic E-state index is 13.0. The minimum absolute atomic E-state index is 0.0878. The zero-order valence-corrected chi connectivity index (χ0v) is 15.3. The number of carbonyl (C=O) groups is 1. The number of hydrogen-bond donors (Lipinski definition) is 0. The fourth-order valence-electron chi connectivity index (χ4n) is 3.40. The number of carbonyl (C=O) groups excluding carboxylic acids is 1. The van der Waals surface area contributed by atoms with E-state index in [1.165, 1.54) is 13.0 Å². The lowest BCUT2D eigenvalue weighted by molar-refractivity contribution is -0.141. The van der Waals surface area contributed by atoms with E-state index in [0.717, 1.165) is 34.1 Å². The van der Waals surface area contributed by atoms with Gasteiger partial charge in [-0.1, -0.05) is 12.1 Å². The molecule has 1 aliphatic heterocycles. The normalized spacial score (nSPS) is 17.6. The van der Waals surface area contributed by atoms with Gasteiger partial charge >= 0.3 is 6.18 Å². The fraction of sp³-hybridized carbons (Fsp3) is 0.316. The van der Waals surface area contributed by atoms with Crippen LogP contribution in [0.15, 0.2) is 36.4 Å². The molecular weight excluding hydrogens is 375 g/mol. The molecule has 8 heteroatoms. The zero-order valence-electron chi connectivity index (χ0n) is 14.5. The third-order valence-electron chi connectivity index (χ3n) is 4.72. The van der Waals surface area contributed by atoms with Crippen LogP contribution in [0.3, 0.4) is 0 Å². The van der Waals surface area contributed by atoms with Gasteiger partial charge < -0.3 is 4.90 Å². The first kappa shape index (κ1) is 17.9. The van der Waals surface area contributed by atoms with Gasteiger partial charge in [-0.3, -0.25) is 4.79 Å². The van der Waals surface area contributed by atoms with E-state index >= 15 is 0 Å². The number of hydrogen-bond acceptors (Lipinski definition) is 4. The molecule has 140 valence electrons. The van der Waals surface area contributed by atoms with Crippen molar-refractivity contribution < 1.29 is 18.0 Å². The molecule has 3 aromatic rings. The maximum Gasteiger partial charge on any atom is 0.433 e. The van der Waals surface area contributed by atoms with Gasteiger partial charge in [0.05, 0.1) is 27.5 Å². The van der Waals surface area contributed by atoms with Gasteiger partial charge in [0.25, 0.3) is 5.91 Å². The summed E-state index contributed by atoms with van der Waals surface area (Å²) in [5.41, 5.74) is 0.200. The van der Waals surface area contributed by atoms with Crippen LogP contribution >= 0.6 is 11.3 Å². The van der Waals surface area contributed by atoms with Gasteiger partial charge in [-0.05, 0) is 44.0 Å². The van der Waals surface area contributed by atoms with Crippen LogP contribution in [0, 0.1) is 6.92 Å². The molecule has 1 amide bonds. The lowest BCUT2D eigenvalue weighted by Crippen LogP contribution is -2.31. The van der Waals surface area contributed by atoms with Crippen LogP contribution in [0.4, 0.5) is 13.2 Å². The molecule has 0 aliphatic carbocycles. The van der Waals surface area contributed by atoms with E-state index in [1.54, 1.807) is 16.2 Å². The van der Waals surface area contributed by atoms with Crippen molar-refractivity contribution >= 4 is 27.5 Å². The summed E-state index contributed by atoms with van der Waals surface area (Å²) in [6.45, 7) is 1.99. The van der Waals surface area contributed by atoms with Crippen molar-refractivity contribution in [3.63, 3.8) is 0 Å². The molecule has 0 N–H and O–H groups in total. The number of aryl methyl sites for hydroxylation is 1. The minimum atomic E-state index is -4.52. The van der Waals surface area contributed by atoms with Crippen molar-refractivity contribution in [1.29, 1.82) is 0 Å². The highest BCUT2D eigenvalue weighted by Crippen LogP contribution is 2.37. The molecular formula is C19H16F3N3OS. The molecule has 1 atom stereocenters. The Kier molecular flexibility index (Phi) is 4.38. The van der Waals surface area contributed by atoms with E-state index in [4.69, 9.17) is 0 Å². The molecule has 1 unspecified atom stereocenters. The van der Waals surface area contributed by atoms with Gasteiger partial charge in [-0.25, -0.2) is 9.97 Å². The smallest absolute Gasteiger partial charge is 0.329 e. The predicted molar refractivity (Wildman–Crippen MR) is 96.6 cm³/mol. The quantitative estimate of drug-likeness (QED) is 0.618. The first-order valence-corrected chi connectivity index (χ1v) is 9.37. The van der Waals surface area contributed by atoms with Crippen LogP contribution in [0.1, 0.15) is 45.6 Å². The first-order chi connectivity index (χ1) is 12.8. The molecule has 0 spiro atoms. The van der Waals surface area contributed by atoms with E-state index in [1.807, 2.05) is 24.3 Å². The van der Waals surface area contributed by atoms with Gasteiger partial charge in [0.2, 0.25) is 0 Å². The topological polar surface area (TPSA) is 46.1 Å². The van der Waals surface area contributed by atoms with E-state index < -0.39 is 11.9 Å². The maximum atomic E-state index is 13.0. The molecule has 1 aliphatic rings. The van der Waals surface area contributed by atoms with E-state index in [9.17, 15) is 18.0 Å². The first-order valence-electron chi connectivity index (χ1n) is 8.56. The van der Waals surface area contributed by atoms with Gasteiger partial charge in [0, 0.05) is 6.54 Å². The molecule has 27 heavy (non-hydrogen) atoms. The van der Waals surface area contributed by atoms with Crippen molar-refractivity contribution in [3.05, 3.63) is 58.4 Å². The SMILES string of the molecule is Cc1nc(C(F)(F)F)ccc1C(=O)N1CCCC1c1nc2ccccc2s1. The zero-order chi connectivity index (χ0) is 19.2. The minimum Gasteiger partial charge on any atom is -0.329 e. The number of halogens is 3.